The van der Waals surface area contributed by atoms with Crippen molar-refractivity contribution in [1.29, 1.82) is 0 Å². The number of nitrogens with one attached hydrogen (secondary N) is 1. The summed E-state index contributed by atoms with van der Waals surface area (Å²) in [5.41, 5.74) is 0.381. The van der Waals surface area contributed by atoms with Crippen LogP contribution in [0.4, 0.5) is 14.5 Å². The largest absolute Gasteiger partial charge is 0.477 e. The van der Waals surface area contributed by atoms with Crippen LogP contribution in [0.25, 0.3) is 0 Å². The molecule has 0 saturated heterocycles. The predicted molar refractivity (Wildman–Crippen MR) is 72.3 cm³/mol. The molecule has 1 aromatic heterocycles. The summed E-state index contributed by atoms with van der Waals surface area (Å²) < 4.78 is 28.1. The highest BCUT2D eigenvalue weighted by Crippen LogP contribution is 2.20. The smallest absolute Gasteiger partial charge is 0.387 e. The van der Waals surface area contributed by atoms with Crippen LogP contribution in [0.3, 0.4) is 0 Å². The Morgan fingerprint density at radius 1 is 1.10 bits per heavy atom. The lowest BCUT2D eigenvalue weighted by atomic mass is 10.3. The number of halogens is 2. The molecule has 0 aliphatic heterocycles. The van der Waals surface area contributed by atoms with E-state index >= 15 is 0 Å². The number of hydrogen-bond acceptors (Lipinski definition) is 4. The van der Waals surface area contributed by atoms with E-state index in [-0.39, 0.29) is 15.5 Å². The van der Waals surface area contributed by atoms with Gasteiger partial charge in [0.2, 0.25) is 0 Å². The summed E-state index contributed by atoms with van der Waals surface area (Å²) >= 11 is 0.844. The molecule has 0 atom stereocenters. The topological polar surface area (TPSA) is 75.6 Å². The van der Waals surface area contributed by atoms with E-state index in [2.05, 4.69) is 10.1 Å². The lowest BCUT2D eigenvalue weighted by molar-refractivity contribution is -0.0498. The van der Waals surface area contributed by atoms with E-state index in [9.17, 15) is 18.4 Å². The molecule has 0 unspecified atom stereocenters. The molecule has 110 valence electrons. The van der Waals surface area contributed by atoms with Gasteiger partial charge in [-0.3, -0.25) is 4.79 Å². The van der Waals surface area contributed by atoms with Gasteiger partial charge < -0.3 is 15.2 Å². The number of hydrogen-bond donors (Lipinski definition) is 2. The van der Waals surface area contributed by atoms with Gasteiger partial charge in [0.15, 0.2) is 0 Å². The molecule has 21 heavy (non-hydrogen) atoms. The van der Waals surface area contributed by atoms with Crippen molar-refractivity contribution in [2.24, 2.45) is 0 Å². The van der Waals surface area contributed by atoms with Gasteiger partial charge in [-0.1, -0.05) is 0 Å². The maximum absolute atomic E-state index is 12.0. The molecular formula is C13H9F2NO4S. The Kier molecular flexibility index (Phi) is 4.49. The van der Waals surface area contributed by atoms with Gasteiger partial charge in [0.25, 0.3) is 5.91 Å². The van der Waals surface area contributed by atoms with Crippen molar-refractivity contribution in [2.45, 2.75) is 6.61 Å². The first kappa shape index (κ1) is 14.9. The SMILES string of the molecule is O=C(O)c1ccc(C(=O)Nc2ccc(OC(F)F)cc2)s1. The summed E-state index contributed by atoms with van der Waals surface area (Å²) in [6.07, 6.45) is 0. The third kappa shape index (κ3) is 3.99. The third-order valence-corrected chi connectivity index (χ3v) is 3.45. The zero-order valence-corrected chi connectivity index (χ0v) is 11.2. The van der Waals surface area contributed by atoms with Crippen LogP contribution in [0.15, 0.2) is 36.4 Å². The van der Waals surface area contributed by atoms with E-state index in [1.54, 1.807) is 0 Å². The molecule has 2 aromatic rings. The zero-order chi connectivity index (χ0) is 15.4. The molecule has 0 fully saturated rings. The molecule has 2 rings (SSSR count). The first-order chi connectivity index (χ1) is 9.95. The number of carbonyl (C=O) groups is 2. The van der Waals surface area contributed by atoms with Crippen molar-refractivity contribution < 1.29 is 28.2 Å². The highest BCUT2D eigenvalue weighted by Gasteiger charge is 2.13. The number of alkyl halides is 2. The summed E-state index contributed by atoms with van der Waals surface area (Å²) in [5.74, 6) is -1.60. The maximum atomic E-state index is 12.0. The number of thiophene rings is 1. The molecule has 1 heterocycles. The van der Waals surface area contributed by atoms with Gasteiger partial charge in [0, 0.05) is 5.69 Å². The molecule has 0 aliphatic carbocycles. The van der Waals surface area contributed by atoms with Crippen LogP contribution in [0.2, 0.25) is 0 Å². The van der Waals surface area contributed by atoms with Gasteiger partial charge in [0.1, 0.15) is 10.6 Å². The van der Waals surface area contributed by atoms with Gasteiger partial charge in [-0.2, -0.15) is 8.78 Å². The fraction of sp³-hybridized carbons (Fsp3) is 0.0769. The van der Waals surface area contributed by atoms with Crippen molar-refractivity contribution in [1.82, 2.24) is 0 Å². The van der Waals surface area contributed by atoms with Gasteiger partial charge in [-0.25, -0.2) is 4.79 Å². The highest BCUT2D eigenvalue weighted by atomic mass is 32.1. The second kappa shape index (κ2) is 6.31. The monoisotopic (exact) mass is 313 g/mol. The van der Waals surface area contributed by atoms with Crippen molar-refractivity contribution in [2.75, 3.05) is 5.32 Å². The normalized spacial score (nSPS) is 10.4. The van der Waals surface area contributed by atoms with Crippen molar-refractivity contribution in [3.05, 3.63) is 46.2 Å². The van der Waals surface area contributed by atoms with Gasteiger partial charge in [0.05, 0.1) is 4.88 Å². The summed E-state index contributed by atoms with van der Waals surface area (Å²) in [7, 11) is 0. The van der Waals surface area contributed by atoms with Crippen LogP contribution in [0, 0.1) is 0 Å². The molecule has 1 aromatic carbocycles. The van der Waals surface area contributed by atoms with E-state index in [4.69, 9.17) is 5.11 Å². The summed E-state index contributed by atoms with van der Waals surface area (Å²) in [6, 6.07) is 8.12. The lowest BCUT2D eigenvalue weighted by Crippen LogP contribution is -2.10. The molecule has 0 radical (unpaired) electrons. The van der Waals surface area contributed by atoms with E-state index < -0.39 is 18.5 Å². The Balaban J connectivity index is 2.03. The van der Waals surface area contributed by atoms with Crippen molar-refractivity contribution >= 4 is 28.9 Å². The molecular weight excluding hydrogens is 304 g/mol. The van der Waals surface area contributed by atoms with Gasteiger partial charge >= 0.3 is 12.6 Å². The molecule has 0 bridgehead atoms. The molecule has 5 nitrogen and oxygen atoms in total. The predicted octanol–water partition coefficient (Wildman–Crippen LogP) is 3.30. The number of carboxylic acids is 1. The standard InChI is InChI=1S/C13H9F2NO4S/c14-13(15)20-8-3-1-7(2-4-8)16-11(17)9-5-6-10(21-9)12(18)19/h1-6,13H,(H,16,17)(H,18,19). The number of rotatable bonds is 5. The summed E-state index contributed by atoms with van der Waals surface area (Å²) in [4.78, 5) is 22.9. The molecule has 8 heteroatoms. The van der Waals surface area contributed by atoms with Crippen LogP contribution >= 0.6 is 11.3 Å². The van der Waals surface area contributed by atoms with Crippen LogP contribution in [0.1, 0.15) is 19.3 Å². The van der Waals surface area contributed by atoms with E-state index in [1.165, 1.54) is 36.4 Å². The number of carboxylic acid groups (broad SMARTS) is 1. The van der Waals surface area contributed by atoms with Crippen LogP contribution < -0.4 is 10.1 Å². The number of carbonyl (C=O) groups excluding carboxylic acids is 1. The average molecular weight is 313 g/mol. The minimum absolute atomic E-state index is 0.0210. The Hall–Kier alpha value is -2.48. The fourth-order valence-corrected chi connectivity index (χ4v) is 2.23. The molecule has 0 aliphatic rings. The minimum Gasteiger partial charge on any atom is -0.477 e. The summed E-state index contributed by atoms with van der Waals surface area (Å²) in [6.45, 7) is -2.91. The number of ether oxygens (including phenoxy) is 1. The Morgan fingerprint density at radius 2 is 1.71 bits per heavy atom. The van der Waals surface area contributed by atoms with Crippen LogP contribution in [-0.2, 0) is 0 Å². The Morgan fingerprint density at radius 3 is 2.24 bits per heavy atom. The number of benzene rings is 1. The quantitative estimate of drug-likeness (QED) is 0.888. The molecule has 2 N–H and O–H groups in total. The van der Waals surface area contributed by atoms with Crippen molar-refractivity contribution in [3.8, 4) is 5.75 Å². The first-order valence-corrected chi connectivity index (χ1v) is 6.46. The fourth-order valence-electron chi connectivity index (χ4n) is 1.49. The van der Waals surface area contributed by atoms with E-state index in [0.29, 0.717) is 5.69 Å². The molecule has 1 amide bonds. The first-order valence-electron chi connectivity index (χ1n) is 5.65. The third-order valence-electron chi connectivity index (χ3n) is 2.38. The highest BCUT2D eigenvalue weighted by molar-refractivity contribution is 7.15. The van der Waals surface area contributed by atoms with Gasteiger partial charge in [-0.15, -0.1) is 11.3 Å². The van der Waals surface area contributed by atoms with Gasteiger partial charge in [-0.05, 0) is 36.4 Å². The number of aromatic carboxylic acids is 1. The molecule has 0 spiro atoms. The van der Waals surface area contributed by atoms with E-state index in [1.807, 2.05) is 0 Å². The number of anilines is 1. The second-order valence-corrected chi connectivity index (χ2v) is 4.91. The number of amides is 1. The maximum Gasteiger partial charge on any atom is 0.387 e. The van der Waals surface area contributed by atoms with Crippen LogP contribution in [0.5, 0.6) is 5.75 Å². The Bertz CT molecular complexity index is 654. The van der Waals surface area contributed by atoms with Crippen LogP contribution in [-0.4, -0.2) is 23.6 Å². The van der Waals surface area contributed by atoms with Crippen molar-refractivity contribution in [3.63, 3.8) is 0 Å². The minimum atomic E-state index is -2.91. The molecule has 0 saturated carbocycles. The second-order valence-electron chi connectivity index (χ2n) is 3.83. The average Bonchev–Trinajstić information content (AvgIpc) is 2.90. The summed E-state index contributed by atoms with van der Waals surface area (Å²) in [5, 5.41) is 11.3. The van der Waals surface area contributed by atoms with E-state index in [0.717, 1.165) is 11.3 Å². The Labute approximate surface area is 121 Å². The zero-order valence-electron chi connectivity index (χ0n) is 10.4. The lowest BCUT2D eigenvalue weighted by Gasteiger charge is -2.06.